The minimum absolute atomic E-state index is 0.0297. The summed E-state index contributed by atoms with van der Waals surface area (Å²) in [5.41, 5.74) is -1.61. The van der Waals surface area contributed by atoms with Crippen LogP contribution in [0.4, 0.5) is 4.79 Å². The van der Waals surface area contributed by atoms with Gasteiger partial charge in [-0.15, -0.1) is 0 Å². The molecule has 4 aliphatic rings. The number of hydrogen-bond donors (Lipinski definition) is 3. The van der Waals surface area contributed by atoms with Crippen LogP contribution in [0.3, 0.4) is 0 Å². The summed E-state index contributed by atoms with van der Waals surface area (Å²) in [5.74, 6) is -0.149. The van der Waals surface area contributed by atoms with Crippen molar-refractivity contribution in [3.05, 3.63) is 12.2 Å². The number of hydrogen-bond acceptors (Lipinski definition) is 5. The minimum Gasteiger partial charge on any atom is -0.444 e. The number of amides is 4. The first kappa shape index (κ1) is 26.5. The number of alkyl carbamates (subject to hydrolysis) is 1. The quantitative estimate of drug-likeness (QED) is 0.511. The van der Waals surface area contributed by atoms with Gasteiger partial charge in [0.2, 0.25) is 17.7 Å². The van der Waals surface area contributed by atoms with Gasteiger partial charge in [0, 0.05) is 19.0 Å². The monoisotopic (exact) mass is 502 g/mol. The van der Waals surface area contributed by atoms with Gasteiger partial charge in [0.15, 0.2) is 0 Å². The molecule has 2 aliphatic carbocycles. The van der Waals surface area contributed by atoms with Gasteiger partial charge in [0.25, 0.3) is 0 Å². The second kappa shape index (κ2) is 10.8. The van der Waals surface area contributed by atoms with E-state index in [0.717, 1.165) is 38.5 Å². The third-order valence-electron chi connectivity index (χ3n) is 7.57. The molecule has 4 amide bonds. The lowest BCUT2D eigenvalue weighted by Crippen LogP contribution is -2.58. The van der Waals surface area contributed by atoms with Crippen molar-refractivity contribution in [2.75, 3.05) is 13.1 Å². The Bertz CT molecular complexity index is 893. The molecule has 36 heavy (non-hydrogen) atoms. The molecule has 0 aromatic heterocycles. The zero-order chi connectivity index (χ0) is 25.9. The Labute approximate surface area is 214 Å². The highest BCUT2D eigenvalue weighted by atomic mass is 16.6. The third-order valence-corrected chi connectivity index (χ3v) is 7.57. The molecule has 0 radical (unpaired) electrons. The maximum absolute atomic E-state index is 13.6. The molecule has 0 bridgehead atoms. The molecule has 4 rings (SSSR count). The van der Waals surface area contributed by atoms with Crippen molar-refractivity contribution in [1.29, 1.82) is 0 Å². The molecule has 0 aromatic carbocycles. The zero-order valence-corrected chi connectivity index (χ0v) is 21.9. The SMILES string of the molecule is CC(C)(C)OC(=O)N[C@H]1CCCCC/C=C\[C@@H]2C[C@@]2(C(=O)NCC2CC2)NC(=O)[C@@H]2CCCN2C1=O. The molecule has 4 atom stereocenters. The average molecular weight is 503 g/mol. The van der Waals surface area contributed by atoms with Crippen LogP contribution in [0, 0.1) is 11.8 Å². The van der Waals surface area contributed by atoms with Crippen molar-refractivity contribution in [2.45, 2.75) is 108 Å². The minimum atomic E-state index is -0.936. The molecule has 9 heteroatoms. The summed E-state index contributed by atoms with van der Waals surface area (Å²) in [6.07, 6.45) is 11.7. The first-order valence-corrected chi connectivity index (χ1v) is 13.7. The van der Waals surface area contributed by atoms with E-state index in [-0.39, 0.29) is 23.6 Å². The average Bonchev–Trinajstić information content (AvgIpc) is 3.70. The van der Waals surface area contributed by atoms with Crippen LogP contribution in [0.1, 0.15) is 85.0 Å². The molecular formula is C27H42N4O5. The summed E-state index contributed by atoms with van der Waals surface area (Å²) < 4.78 is 5.40. The summed E-state index contributed by atoms with van der Waals surface area (Å²) >= 11 is 0. The number of fused-ring (bicyclic) bond motifs is 2. The summed E-state index contributed by atoms with van der Waals surface area (Å²) in [6, 6.07) is -1.40. The lowest BCUT2D eigenvalue weighted by Gasteiger charge is -2.30. The van der Waals surface area contributed by atoms with Gasteiger partial charge in [-0.25, -0.2) is 4.79 Å². The van der Waals surface area contributed by atoms with Gasteiger partial charge >= 0.3 is 6.09 Å². The summed E-state index contributed by atoms with van der Waals surface area (Å²) in [6.45, 7) is 6.44. The van der Waals surface area contributed by atoms with E-state index in [2.05, 4.69) is 28.1 Å². The number of ether oxygens (including phenoxy) is 1. The normalized spacial score (nSPS) is 32.2. The number of carbonyl (C=O) groups excluding carboxylic acids is 4. The van der Waals surface area contributed by atoms with Crippen molar-refractivity contribution in [3.8, 4) is 0 Å². The Morgan fingerprint density at radius 1 is 1.11 bits per heavy atom. The fourth-order valence-corrected chi connectivity index (χ4v) is 5.26. The topological polar surface area (TPSA) is 117 Å². The molecule has 1 saturated heterocycles. The van der Waals surface area contributed by atoms with Gasteiger partial charge in [-0.2, -0.15) is 0 Å². The molecule has 3 fully saturated rings. The smallest absolute Gasteiger partial charge is 0.408 e. The van der Waals surface area contributed by atoms with E-state index >= 15 is 0 Å². The van der Waals surface area contributed by atoms with Crippen molar-refractivity contribution in [3.63, 3.8) is 0 Å². The summed E-state index contributed by atoms with van der Waals surface area (Å²) in [7, 11) is 0. The molecule has 2 heterocycles. The molecule has 3 N–H and O–H groups in total. The number of nitrogens with one attached hydrogen (secondary N) is 3. The molecule has 9 nitrogen and oxygen atoms in total. The number of carbonyl (C=O) groups is 4. The van der Waals surface area contributed by atoms with Crippen LogP contribution in [-0.2, 0) is 19.1 Å². The molecule has 2 saturated carbocycles. The van der Waals surface area contributed by atoms with E-state index in [4.69, 9.17) is 4.74 Å². The van der Waals surface area contributed by atoms with E-state index in [1.54, 1.807) is 25.7 Å². The van der Waals surface area contributed by atoms with Gasteiger partial charge in [-0.3, -0.25) is 14.4 Å². The van der Waals surface area contributed by atoms with Crippen LogP contribution >= 0.6 is 0 Å². The Morgan fingerprint density at radius 2 is 1.89 bits per heavy atom. The van der Waals surface area contributed by atoms with Crippen LogP contribution in [0.25, 0.3) is 0 Å². The Hall–Kier alpha value is -2.58. The van der Waals surface area contributed by atoms with E-state index < -0.39 is 29.3 Å². The Balaban J connectivity index is 1.50. The number of nitrogens with zero attached hydrogens (tertiary/aromatic N) is 1. The highest BCUT2D eigenvalue weighted by molar-refractivity contribution is 5.98. The third kappa shape index (κ3) is 6.59. The van der Waals surface area contributed by atoms with Crippen LogP contribution in [0.5, 0.6) is 0 Å². The van der Waals surface area contributed by atoms with E-state index in [0.29, 0.717) is 44.7 Å². The maximum Gasteiger partial charge on any atom is 0.408 e. The molecule has 2 aliphatic heterocycles. The van der Waals surface area contributed by atoms with E-state index in [9.17, 15) is 19.2 Å². The van der Waals surface area contributed by atoms with Crippen LogP contribution in [0.2, 0.25) is 0 Å². The van der Waals surface area contributed by atoms with Crippen LogP contribution < -0.4 is 16.0 Å². The summed E-state index contributed by atoms with van der Waals surface area (Å²) in [4.78, 5) is 54.3. The number of rotatable bonds is 4. The fourth-order valence-electron chi connectivity index (χ4n) is 5.26. The van der Waals surface area contributed by atoms with Crippen LogP contribution in [-0.4, -0.2) is 65.0 Å². The van der Waals surface area contributed by atoms with Gasteiger partial charge < -0.3 is 25.6 Å². The molecule has 200 valence electrons. The zero-order valence-electron chi connectivity index (χ0n) is 21.9. The largest absolute Gasteiger partial charge is 0.444 e. The van der Waals surface area contributed by atoms with Gasteiger partial charge in [-0.05, 0) is 78.1 Å². The lowest BCUT2D eigenvalue weighted by atomic mass is 10.0. The highest BCUT2D eigenvalue weighted by Gasteiger charge is 2.60. The van der Waals surface area contributed by atoms with Gasteiger partial charge in [0.05, 0.1) is 0 Å². The second-order valence-electron chi connectivity index (χ2n) is 11.9. The lowest BCUT2D eigenvalue weighted by molar-refractivity contribution is -0.141. The Morgan fingerprint density at radius 3 is 2.61 bits per heavy atom. The predicted octanol–water partition coefficient (Wildman–Crippen LogP) is 2.79. The van der Waals surface area contributed by atoms with Gasteiger partial charge in [0.1, 0.15) is 23.2 Å². The molecular weight excluding hydrogens is 460 g/mol. The Kier molecular flexibility index (Phi) is 7.95. The predicted molar refractivity (Wildman–Crippen MR) is 135 cm³/mol. The molecule has 0 unspecified atom stereocenters. The first-order valence-electron chi connectivity index (χ1n) is 13.7. The maximum atomic E-state index is 13.6. The highest BCUT2D eigenvalue weighted by Crippen LogP contribution is 2.45. The number of allylic oxidation sites excluding steroid dienone is 1. The van der Waals surface area contributed by atoms with Crippen LogP contribution in [0.15, 0.2) is 12.2 Å². The van der Waals surface area contributed by atoms with E-state index in [1.165, 1.54) is 0 Å². The van der Waals surface area contributed by atoms with Gasteiger partial charge in [-0.1, -0.05) is 25.0 Å². The standard InChI is InChI=1S/C27H42N4O5/c1-26(2,3)36-25(35)29-20-11-8-6-4-5-7-10-19-16-27(19,24(34)28-17-18-13-14-18)30-22(32)21-12-9-15-31(21)23(20)33/h7,10,18-21H,4-6,8-9,11-17H2,1-3H3,(H,28,34)(H,29,35)(H,30,32)/b10-7-/t19-,20+,21+,27-/m1/s1. The van der Waals surface area contributed by atoms with Crippen molar-refractivity contribution >= 4 is 23.8 Å². The molecule has 0 aromatic rings. The second-order valence-corrected chi connectivity index (χ2v) is 11.9. The van der Waals surface area contributed by atoms with Crippen molar-refractivity contribution in [2.24, 2.45) is 11.8 Å². The fraction of sp³-hybridized carbons (Fsp3) is 0.778. The van der Waals surface area contributed by atoms with Crippen molar-refractivity contribution < 1.29 is 23.9 Å². The first-order chi connectivity index (χ1) is 17.1. The van der Waals surface area contributed by atoms with E-state index in [1.807, 2.05) is 0 Å². The molecule has 0 spiro atoms. The van der Waals surface area contributed by atoms with Crippen molar-refractivity contribution in [1.82, 2.24) is 20.9 Å². The summed E-state index contributed by atoms with van der Waals surface area (Å²) in [5, 5.41) is 8.86.